The number of hydrogen-bond donors (Lipinski definition) is 1. The molecule has 0 saturated heterocycles. The highest BCUT2D eigenvalue weighted by molar-refractivity contribution is 5.92. The van der Waals surface area contributed by atoms with Crippen molar-refractivity contribution in [2.75, 3.05) is 6.61 Å². The molecule has 25 heavy (non-hydrogen) atoms. The molecular weight excluding hydrogens is 323 g/mol. The summed E-state index contributed by atoms with van der Waals surface area (Å²) in [5.74, 6) is -0.695. The molecule has 0 aliphatic heterocycles. The maximum atomic E-state index is 13.2. The number of rotatable bonds is 4. The van der Waals surface area contributed by atoms with Gasteiger partial charge in [-0.05, 0) is 37.5 Å². The number of ether oxygens (including phenoxy) is 1. The number of nitrogens with zero attached hydrogens (tertiary/aromatic N) is 3. The Labute approximate surface area is 143 Å². The number of H-pyrrole nitrogens is 1. The normalized spacial score (nSPS) is 12.6. The van der Waals surface area contributed by atoms with Crippen molar-refractivity contribution in [3.05, 3.63) is 58.8 Å². The summed E-state index contributed by atoms with van der Waals surface area (Å²) >= 11 is 0. The van der Waals surface area contributed by atoms with E-state index in [9.17, 15) is 9.18 Å². The maximum absolute atomic E-state index is 13.2. The van der Waals surface area contributed by atoms with E-state index in [0.29, 0.717) is 25.3 Å². The van der Waals surface area contributed by atoms with Crippen molar-refractivity contribution in [3.63, 3.8) is 0 Å². The molecule has 7 heteroatoms. The fourth-order valence-electron chi connectivity index (χ4n) is 3.24. The summed E-state index contributed by atoms with van der Waals surface area (Å²) in [5.41, 5.74) is 5.00. The third-order valence-electron chi connectivity index (χ3n) is 4.36. The van der Waals surface area contributed by atoms with E-state index >= 15 is 0 Å². The van der Waals surface area contributed by atoms with Gasteiger partial charge < -0.3 is 4.74 Å². The molecule has 1 aliphatic carbocycles. The molecule has 128 valence electrons. The Balaban J connectivity index is 1.81. The number of aryl methyl sites for hydroxylation is 1. The highest BCUT2D eigenvalue weighted by Gasteiger charge is 2.29. The van der Waals surface area contributed by atoms with E-state index in [0.717, 1.165) is 34.5 Å². The van der Waals surface area contributed by atoms with Crippen molar-refractivity contribution in [2.24, 2.45) is 0 Å². The Hall–Kier alpha value is -2.96. The summed E-state index contributed by atoms with van der Waals surface area (Å²) in [7, 11) is 0. The first-order chi connectivity index (χ1) is 12.2. The Morgan fingerprint density at radius 3 is 2.88 bits per heavy atom. The number of aromatic nitrogens is 4. The molecule has 1 aliphatic rings. The zero-order valence-corrected chi connectivity index (χ0v) is 13.8. The van der Waals surface area contributed by atoms with E-state index in [1.54, 1.807) is 29.9 Å². The van der Waals surface area contributed by atoms with Crippen molar-refractivity contribution < 1.29 is 13.9 Å². The molecule has 3 aromatic rings. The van der Waals surface area contributed by atoms with Crippen LogP contribution in [0.15, 0.2) is 30.5 Å². The van der Waals surface area contributed by atoms with Gasteiger partial charge >= 0.3 is 5.97 Å². The molecule has 0 atom stereocenters. The minimum Gasteiger partial charge on any atom is -0.461 e. The second-order valence-electron chi connectivity index (χ2n) is 5.94. The Kier molecular flexibility index (Phi) is 3.83. The van der Waals surface area contributed by atoms with Gasteiger partial charge in [-0.15, -0.1) is 0 Å². The topological polar surface area (TPSA) is 72.8 Å². The van der Waals surface area contributed by atoms with Crippen LogP contribution in [0.5, 0.6) is 0 Å². The zero-order chi connectivity index (χ0) is 17.4. The minimum absolute atomic E-state index is 0.282. The third-order valence-corrected chi connectivity index (χ3v) is 4.36. The van der Waals surface area contributed by atoms with Gasteiger partial charge in [-0.1, -0.05) is 12.1 Å². The minimum atomic E-state index is -0.413. The van der Waals surface area contributed by atoms with Gasteiger partial charge in [0, 0.05) is 16.8 Å². The molecule has 0 spiro atoms. The number of nitrogens with one attached hydrogen (secondary N) is 1. The highest BCUT2D eigenvalue weighted by atomic mass is 19.1. The van der Waals surface area contributed by atoms with Crippen molar-refractivity contribution in [1.29, 1.82) is 0 Å². The lowest BCUT2D eigenvalue weighted by Gasteiger charge is -2.14. The van der Waals surface area contributed by atoms with Crippen LogP contribution in [0, 0.1) is 5.82 Å². The Bertz CT molecular complexity index is 927. The van der Waals surface area contributed by atoms with Crippen LogP contribution in [-0.4, -0.2) is 32.6 Å². The van der Waals surface area contributed by atoms with Crippen LogP contribution in [-0.2, 0) is 24.1 Å². The standard InChI is InChI=1S/C18H17FN4O2/c1-2-25-18(24)16-13-7-8-15-14(9-20-21-15)17(13)23(22-16)10-11-3-5-12(19)6-4-11/h3-6,9H,2,7-8,10H2,1H3,(H,20,21). The fourth-order valence-corrected chi connectivity index (χ4v) is 3.24. The van der Waals surface area contributed by atoms with Crippen LogP contribution in [0.3, 0.4) is 0 Å². The average molecular weight is 340 g/mol. The van der Waals surface area contributed by atoms with Crippen molar-refractivity contribution in [3.8, 4) is 11.3 Å². The summed E-state index contributed by atoms with van der Waals surface area (Å²) in [6.45, 7) is 2.51. The quantitative estimate of drug-likeness (QED) is 0.741. The lowest BCUT2D eigenvalue weighted by molar-refractivity contribution is 0.0517. The summed E-state index contributed by atoms with van der Waals surface area (Å²) in [6.07, 6.45) is 3.23. The molecule has 0 unspecified atom stereocenters. The molecule has 0 fully saturated rings. The van der Waals surface area contributed by atoms with Gasteiger partial charge in [-0.25, -0.2) is 9.18 Å². The summed E-state index contributed by atoms with van der Waals surface area (Å²) in [4.78, 5) is 12.3. The molecule has 4 rings (SSSR count). The predicted octanol–water partition coefficient (Wildman–Crippen LogP) is 2.74. The molecule has 6 nitrogen and oxygen atoms in total. The third kappa shape index (κ3) is 2.71. The number of benzene rings is 1. The van der Waals surface area contributed by atoms with E-state index in [1.165, 1.54) is 12.1 Å². The number of hydrogen-bond acceptors (Lipinski definition) is 4. The summed E-state index contributed by atoms with van der Waals surface area (Å²) < 4.78 is 20.1. The number of carbonyl (C=O) groups is 1. The number of carbonyl (C=O) groups excluding carboxylic acids is 1. The molecular formula is C18H17FN4O2. The van der Waals surface area contributed by atoms with Crippen molar-refractivity contribution in [1.82, 2.24) is 20.0 Å². The smallest absolute Gasteiger partial charge is 0.359 e. The van der Waals surface area contributed by atoms with Crippen LogP contribution in [0.2, 0.25) is 0 Å². The second-order valence-corrected chi connectivity index (χ2v) is 5.94. The number of halogens is 1. The largest absolute Gasteiger partial charge is 0.461 e. The van der Waals surface area contributed by atoms with E-state index in [1.807, 2.05) is 0 Å². The zero-order valence-electron chi connectivity index (χ0n) is 13.8. The SMILES string of the molecule is CCOC(=O)c1nn(Cc2ccc(F)cc2)c2c1CCc1[nH]ncc1-2. The van der Waals surface area contributed by atoms with Gasteiger partial charge in [0.15, 0.2) is 5.69 Å². The average Bonchev–Trinajstić information content (AvgIpc) is 3.21. The van der Waals surface area contributed by atoms with Crippen LogP contribution in [0.4, 0.5) is 4.39 Å². The Morgan fingerprint density at radius 1 is 1.32 bits per heavy atom. The first kappa shape index (κ1) is 15.6. The van der Waals surface area contributed by atoms with Gasteiger partial charge in [0.25, 0.3) is 0 Å². The van der Waals surface area contributed by atoms with Crippen LogP contribution >= 0.6 is 0 Å². The molecule has 0 bridgehead atoms. The lowest BCUT2D eigenvalue weighted by Crippen LogP contribution is -2.10. The van der Waals surface area contributed by atoms with Gasteiger partial charge in [0.05, 0.1) is 25.0 Å². The van der Waals surface area contributed by atoms with Gasteiger partial charge in [-0.3, -0.25) is 9.78 Å². The molecule has 2 aromatic heterocycles. The molecule has 2 heterocycles. The van der Waals surface area contributed by atoms with Gasteiger partial charge in [0.2, 0.25) is 0 Å². The molecule has 1 N–H and O–H groups in total. The van der Waals surface area contributed by atoms with Crippen LogP contribution in [0.1, 0.15) is 34.2 Å². The van der Waals surface area contributed by atoms with Crippen molar-refractivity contribution >= 4 is 5.97 Å². The lowest BCUT2D eigenvalue weighted by atomic mass is 9.94. The van der Waals surface area contributed by atoms with E-state index < -0.39 is 5.97 Å². The van der Waals surface area contributed by atoms with Crippen molar-refractivity contribution in [2.45, 2.75) is 26.3 Å². The van der Waals surface area contributed by atoms with E-state index in [2.05, 4.69) is 15.3 Å². The fraction of sp³-hybridized carbons (Fsp3) is 0.278. The number of aromatic amines is 1. The van der Waals surface area contributed by atoms with Gasteiger partial charge in [-0.2, -0.15) is 10.2 Å². The van der Waals surface area contributed by atoms with Crippen LogP contribution in [0.25, 0.3) is 11.3 Å². The second kappa shape index (κ2) is 6.16. The number of fused-ring (bicyclic) bond motifs is 3. The van der Waals surface area contributed by atoms with E-state index in [4.69, 9.17) is 4.74 Å². The number of esters is 1. The van der Waals surface area contributed by atoms with E-state index in [-0.39, 0.29) is 5.82 Å². The molecule has 0 saturated carbocycles. The summed E-state index contributed by atoms with van der Waals surface area (Å²) in [6, 6.07) is 6.26. The highest BCUT2D eigenvalue weighted by Crippen LogP contribution is 2.35. The first-order valence-electron chi connectivity index (χ1n) is 8.21. The van der Waals surface area contributed by atoms with Gasteiger partial charge in [0.1, 0.15) is 5.82 Å². The first-order valence-corrected chi connectivity index (χ1v) is 8.21. The Morgan fingerprint density at radius 2 is 2.12 bits per heavy atom. The molecule has 0 radical (unpaired) electrons. The maximum Gasteiger partial charge on any atom is 0.359 e. The summed E-state index contributed by atoms with van der Waals surface area (Å²) in [5, 5.41) is 11.6. The monoisotopic (exact) mass is 340 g/mol. The predicted molar refractivity (Wildman–Crippen MR) is 88.7 cm³/mol. The molecule has 0 amide bonds. The molecule has 1 aromatic carbocycles. The van der Waals surface area contributed by atoms with Crippen LogP contribution < -0.4 is 0 Å².